The SMILES string of the molecule is C[C@H](NC(=O)N[C@H]1CCCN(c2ncccn2)C1)c1ccc(F)cc1. The van der Waals surface area contributed by atoms with Crippen molar-refractivity contribution in [2.45, 2.75) is 31.8 Å². The molecule has 2 heterocycles. The molecule has 3 rings (SSSR count). The number of carbonyl (C=O) groups is 1. The number of halogens is 1. The van der Waals surface area contributed by atoms with Gasteiger partial charge < -0.3 is 15.5 Å². The van der Waals surface area contributed by atoms with Gasteiger partial charge in [0.15, 0.2) is 0 Å². The average Bonchev–Trinajstić information content (AvgIpc) is 2.63. The normalized spacial score (nSPS) is 18.5. The number of hydrogen-bond donors (Lipinski definition) is 2. The van der Waals surface area contributed by atoms with Gasteiger partial charge in [-0.15, -0.1) is 0 Å². The first-order valence-electron chi connectivity index (χ1n) is 8.46. The van der Waals surface area contributed by atoms with Crippen molar-refractivity contribution in [2.24, 2.45) is 0 Å². The standard InChI is InChI=1S/C18H22FN5O/c1-13(14-5-7-15(19)8-6-14)22-18(25)23-16-4-2-11-24(12-16)17-20-9-3-10-21-17/h3,5-10,13,16H,2,4,11-12H2,1H3,(H2,22,23,25)/t13-,16-/m0/s1. The minimum Gasteiger partial charge on any atom is -0.339 e. The number of nitrogens with zero attached hydrogens (tertiary/aromatic N) is 3. The molecule has 1 aliphatic heterocycles. The Bertz CT molecular complexity index is 694. The average molecular weight is 343 g/mol. The number of piperidine rings is 1. The topological polar surface area (TPSA) is 70.2 Å². The Morgan fingerprint density at radius 2 is 2.00 bits per heavy atom. The molecular formula is C18H22FN5O. The summed E-state index contributed by atoms with van der Waals surface area (Å²) < 4.78 is 13.0. The molecule has 1 aromatic carbocycles. The maximum atomic E-state index is 13.0. The summed E-state index contributed by atoms with van der Waals surface area (Å²) in [5.74, 6) is 0.403. The maximum Gasteiger partial charge on any atom is 0.315 e. The molecule has 0 saturated carbocycles. The Morgan fingerprint density at radius 3 is 2.72 bits per heavy atom. The molecule has 0 bridgehead atoms. The minimum atomic E-state index is -0.286. The van der Waals surface area contributed by atoms with Crippen LogP contribution in [0.15, 0.2) is 42.7 Å². The quantitative estimate of drug-likeness (QED) is 0.895. The second-order valence-electron chi connectivity index (χ2n) is 6.22. The van der Waals surface area contributed by atoms with E-state index in [4.69, 9.17) is 0 Å². The Kier molecular flexibility index (Phi) is 5.42. The molecule has 0 radical (unpaired) electrons. The van der Waals surface area contributed by atoms with Crippen LogP contribution in [-0.4, -0.2) is 35.1 Å². The van der Waals surface area contributed by atoms with Gasteiger partial charge in [-0.2, -0.15) is 0 Å². The van der Waals surface area contributed by atoms with Gasteiger partial charge in [-0.25, -0.2) is 19.2 Å². The van der Waals surface area contributed by atoms with Gasteiger partial charge in [-0.05, 0) is 43.5 Å². The van der Waals surface area contributed by atoms with Crippen LogP contribution in [0.5, 0.6) is 0 Å². The Labute approximate surface area is 146 Å². The molecule has 0 spiro atoms. The van der Waals surface area contributed by atoms with Crippen LogP contribution in [0.2, 0.25) is 0 Å². The summed E-state index contributed by atoms with van der Waals surface area (Å²) in [6.45, 7) is 3.44. The lowest BCUT2D eigenvalue weighted by molar-refractivity contribution is 0.232. The van der Waals surface area contributed by atoms with Gasteiger partial charge in [0, 0.05) is 31.5 Å². The lowest BCUT2D eigenvalue weighted by atomic mass is 10.1. The van der Waals surface area contributed by atoms with E-state index in [1.807, 2.05) is 6.92 Å². The summed E-state index contributed by atoms with van der Waals surface area (Å²) in [7, 11) is 0. The van der Waals surface area contributed by atoms with Crippen molar-refractivity contribution in [3.05, 3.63) is 54.1 Å². The molecule has 7 heteroatoms. The van der Waals surface area contributed by atoms with Crippen LogP contribution < -0.4 is 15.5 Å². The van der Waals surface area contributed by atoms with E-state index in [1.165, 1.54) is 12.1 Å². The summed E-state index contributed by atoms with van der Waals surface area (Å²) in [6.07, 6.45) is 5.32. The fourth-order valence-corrected chi connectivity index (χ4v) is 2.99. The number of aromatic nitrogens is 2. The third-order valence-electron chi connectivity index (χ3n) is 4.31. The molecule has 1 aliphatic rings. The summed E-state index contributed by atoms with van der Waals surface area (Å²) in [5, 5.41) is 5.90. The lowest BCUT2D eigenvalue weighted by Gasteiger charge is -2.33. The summed E-state index contributed by atoms with van der Waals surface area (Å²) in [6, 6.07) is 7.54. The van der Waals surface area contributed by atoms with Crippen LogP contribution >= 0.6 is 0 Å². The van der Waals surface area contributed by atoms with Crippen LogP contribution in [0.25, 0.3) is 0 Å². The zero-order valence-corrected chi connectivity index (χ0v) is 14.2. The zero-order chi connectivity index (χ0) is 17.6. The van der Waals surface area contributed by atoms with E-state index >= 15 is 0 Å². The van der Waals surface area contributed by atoms with Crippen LogP contribution in [0.1, 0.15) is 31.4 Å². The number of hydrogen-bond acceptors (Lipinski definition) is 4. The fraction of sp³-hybridized carbons (Fsp3) is 0.389. The molecule has 0 aliphatic carbocycles. The van der Waals surface area contributed by atoms with E-state index in [0.717, 1.165) is 24.9 Å². The largest absolute Gasteiger partial charge is 0.339 e. The van der Waals surface area contributed by atoms with E-state index in [-0.39, 0.29) is 23.9 Å². The minimum absolute atomic E-state index is 0.0398. The first-order valence-corrected chi connectivity index (χ1v) is 8.46. The van der Waals surface area contributed by atoms with Gasteiger partial charge >= 0.3 is 6.03 Å². The number of anilines is 1. The molecule has 6 nitrogen and oxygen atoms in total. The Morgan fingerprint density at radius 1 is 1.28 bits per heavy atom. The van der Waals surface area contributed by atoms with Crippen molar-refractivity contribution in [3.8, 4) is 0 Å². The van der Waals surface area contributed by atoms with Gasteiger partial charge in [0.25, 0.3) is 0 Å². The predicted octanol–water partition coefficient (Wildman–Crippen LogP) is 2.64. The fourth-order valence-electron chi connectivity index (χ4n) is 2.99. The van der Waals surface area contributed by atoms with Crippen molar-refractivity contribution in [1.82, 2.24) is 20.6 Å². The van der Waals surface area contributed by atoms with E-state index in [1.54, 1.807) is 30.6 Å². The van der Waals surface area contributed by atoms with Gasteiger partial charge in [0.05, 0.1) is 6.04 Å². The number of urea groups is 1. The van der Waals surface area contributed by atoms with Crippen molar-refractivity contribution < 1.29 is 9.18 Å². The van der Waals surface area contributed by atoms with Gasteiger partial charge in [-0.3, -0.25) is 0 Å². The highest BCUT2D eigenvalue weighted by Crippen LogP contribution is 2.16. The first-order chi connectivity index (χ1) is 12.1. The molecule has 1 fully saturated rings. The molecular weight excluding hydrogens is 321 g/mol. The molecule has 0 unspecified atom stereocenters. The maximum absolute atomic E-state index is 13.0. The van der Waals surface area contributed by atoms with E-state index < -0.39 is 0 Å². The van der Waals surface area contributed by atoms with Crippen LogP contribution in [-0.2, 0) is 0 Å². The molecule has 132 valence electrons. The van der Waals surface area contributed by atoms with Crippen molar-refractivity contribution in [1.29, 1.82) is 0 Å². The van der Waals surface area contributed by atoms with E-state index in [0.29, 0.717) is 12.5 Å². The molecule has 2 N–H and O–H groups in total. The number of rotatable bonds is 4. The number of carbonyl (C=O) groups excluding carboxylic acids is 1. The second-order valence-corrected chi connectivity index (χ2v) is 6.22. The highest BCUT2D eigenvalue weighted by Gasteiger charge is 2.23. The van der Waals surface area contributed by atoms with Crippen molar-refractivity contribution in [3.63, 3.8) is 0 Å². The zero-order valence-electron chi connectivity index (χ0n) is 14.2. The molecule has 1 saturated heterocycles. The molecule has 2 atom stereocenters. The first kappa shape index (κ1) is 17.1. The molecule has 1 aromatic heterocycles. The molecule has 2 aromatic rings. The van der Waals surface area contributed by atoms with Gasteiger partial charge in [-0.1, -0.05) is 12.1 Å². The van der Waals surface area contributed by atoms with Crippen LogP contribution in [0.3, 0.4) is 0 Å². The predicted molar refractivity (Wildman–Crippen MR) is 93.7 cm³/mol. The van der Waals surface area contributed by atoms with E-state index in [9.17, 15) is 9.18 Å². The summed E-state index contributed by atoms with van der Waals surface area (Å²) >= 11 is 0. The van der Waals surface area contributed by atoms with Gasteiger partial charge in [0.2, 0.25) is 5.95 Å². The van der Waals surface area contributed by atoms with Crippen molar-refractivity contribution >= 4 is 12.0 Å². The smallest absolute Gasteiger partial charge is 0.315 e. The number of amides is 2. The summed E-state index contributed by atoms with van der Waals surface area (Å²) in [4.78, 5) is 22.9. The van der Waals surface area contributed by atoms with Crippen LogP contribution in [0.4, 0.5) is 15.1 Å². The third kappa shape index (κ3) is 4.65. The Balaban J connectivity index is 1.53. The molecule has 2 amide bonds. The van der Waals surface area contributed by atoms with Crippen LogP contribution in [0, 0.1) is 5.82 Å². The molecule has 25 heavy (non-hydrogen) atoms. The highest BCUT2D eigenvalue weighted by molar-refractivity contribution is 5.74. The second kappa shape index (κ2) is 7.92. The lowest BCUT2D eigenvalue weighted by Crippen LogP contribution is -2.51. The van der Waals surface area contributed by atoms with Gasteiger partial charge in [0.1, 0.15) is 5.82 Å². The highest BCUT2D eigenvalue weighted by atomic mass is 19.1. The summed E-state index contributed by atoms with van der Waals surface area (Å²) in [5.41, 5.74) is 0.861. The monoisotopic (exact) mass is 343 g/mol. The van der Waals surface area contributed by atoms with Crippen molar-refractivity contribution in [2.75, 3.05) is 18.0 Å². The van der Waals surface area contributed by atoms with E-state index in [2.05, 4.69) is 25.5 Å². The Hall–Kier alpha value is -2.70. The number of benzene rings is 1. The third-order valence-corrected chi connectivity index (χ3v) is 4.31. The number of nitrogens with one attached hydrogen (secondary N) is 2.